The van der Waals surface area contributed by atoms with Crippen molar-refractivity contribution in [3.63, 3.8) is 0 Å². The monoisotopic (exact) mass is 286 g/mol. The van der Waals surface area contributed by atoms with Gasteiger partial charge in [-0.3, -0.25) is 9.78 Å². The molecule has 2 aromatic heterocycles. The molecule has 3 rings (SSSR count). The summed E-state index contributed by atoms with van der Waals surface area (Å²) in [5.41, 5.74) is 1.53. The van der Waals surface area contributed by atoms with Gasteiger partial charge >= 0.3 is 5.97 Å². The Kier molecular flexibility index (Phi) is 3.39. The number of hydrogen-bond donors (Lipinski definition) is 2. The van der Waals surface area contributed by atoms with Crippen LogP contribution in [-0.2, 0) is 4.74 Å². The molecule has 21 heavy (non-hydrogen) atoms. The number of aromatic amines is 1. The number of carbonyl (C=O) groups is 2. The first-order chi connectivity index (χ1) is 10.2. The Labute approximate surface area is 120 Å². The van der Waals surface area contributed by atoms with Crippen LogP contribution in [0.2, 0.25) is 0 Å². The van der Waals surface area contributed by atoms with E-state index in [4.69, 9.17) is 0 Å². The zero-order valence-electron chi connectivity index (χ0n) is 11.4. The summed E-state index contributed by atoms with van der Waals surface area (Å²) in [6, 6.07) is 3.41. The number of amides is 1. The van der Waals surface area contributed by atoms with Gasteiger partial charge in [-0.25, -0.2) is 9.78 Å². The quantitative estimate of drug-likeness (QED) is 0.834. The van der Waals surface area contributed by atoms with Gasteiger partial charge in [0.15, 0.2) is 11.5 Å². The van der Waals surface area contributed by atoms with Crippen LogP contribution in [0, 0.1) is 0 Å². The van der Waals surface area contributed by atoms with E-state index in [0.717, 1.165) is 18.5 Å². The van der Waals surface area contributed by atoms with Crippen LogP contribution in [0.3, 0.4) is 0 Å². The lowest BCUT2D eigenvalue weighted by atomic mass is 10.1. The summed E-state index contributed by atoms with van der Waals surface area (Å²) in [6.45, 7) is 0. The lowest BCUT2D eigenvalue weighted by Crippen LogP contribution is -2.15. The molecular weight excluding hydrogens is 272 g/mol. The van der Waals surface area contributed by atoms with Gasteiger partial charge in [0.1, 0.15) is 0 Å². The summed E-state index contributed by atoms with van der Waals surface area (Å²) in [7, 11) is 1.26. The van der Waals surface area contributed by atoms with E-state index >= 15 is 0 Å². The highest BCUT2D eigenvalue weighted by atomic mass is 16.5. The van der Waals surface area contributed by atoms with E-state index in [1.54, 1.807) is 18.3 Å². The smallest absolute Gasteiger partial charge is 0.358 e. The van der Waals surface area contributed by atoms with Crippen molar-refractivity contribution in [3.8, 4) is 0 Å². The Bertz CT molecular complexity index is 691. The number of imidazole rings is 1. The molecule has 1 aliphatic carbocycles. The van der Waals surface area contributed by atoms with Crippen molar-refractivity contribution in [1.29, 1.82) is 0 Å². The van der Waals surface area contributed by atoms with Crippen LogP contribution in [0.4, 0.5) is 5.82 Å². The molecule has 0 radical (unpaired) electrons. The maximum absolute atomic E-state index is 12.2. The van der Waals surface area contributed by atoms with Crippen molar-refractivity contribution in [2.24, 2.45) is 0 Å². The summed E-state index contributed by atoms with van der Waals surface area (Å²) >= 11 is 0. The summed E-state index contributed by atoms with van der Waals surface area (Å²) in [4.78, 5) is 34.6. The molecule has 0 spiro atoms. The number of pyridine rings is 1. The highest BCUT2D eigenvalue weighted by Gasteiger charge is 2.26. The largest absolute Gasteiger partial charge is 0.464 e. The Balaban J connectivity index is 1.78. The van der Waals surface area contributed by atoms with E-state index in [2.05, 4.69) is 25.0 Å². The molecule has 2 N–H and O–H groups in total. The normalized spacial score (nSPS) is 13.8. The molecule has 0 saturated heterocycles. The Hall–Kier alpha value is -2.70. The van der Waals surface area contributed by atoms with E-state index in [9.17, 15) is 9.59 Å². The second-order valence-corrected chi connectivity index (χ2v) is 4.82. The molecular formula is C14H14N4O3. The van der Waals surface area contributed by atoms with Crippen LogP contribution in [0.15, 0.2) is 24.7 Å². The van der Waals surface area contributed by atoms with Crippen LogP contribution in [0.25, 0.3) is 0 Å². The van der Waals surface area contributed by atoms with Crippen LogP contribution < -0.4 is 5.32 Å². The lowest BCUT2D eigenvalue weighted by Gasteiger charge is -2.05. The van der Waals surface area contributed by atoms with Gasteiger partial charge in [0.2, 0.25) is 0 Å². The number of nitrogens with zero attached hydrogens (tertiary/aromatic N) is 2. The van der Waals surface area contributed by atoms with Gasteiger partial charge in [0.25, 0.3) is 5.91 Å². The number of H-pyrrole nitrogens is 1. The van der Waals surface area contributed by atoms with E-state index < -0.39 is 5.97 Å². The third kappa shape index (κ3) is 2.76. The zero-order chi connectivity index (χ0) is 14.8. The van der Waals surface area contributed by atoms with Gasteiger partial charge in [0.05, 0.1) is 13.4 Å². The fraction of sp³-hybridized carbons (Fsp3) is 0.286. The van der Waals surface area contributed by atoms with Crippen molar-refractivity contribution in [2.75, 3.05) is 12.4 Å². The topological polar surface area (TPSA) is 97.0 Å². The first-order valence-electron chi connectivity index (χ1n) is 6.58. The third-order valence-corrected chi connectivity index (χ3v) is 3.30. The van der Waals surface area contributed by atoms with Crippen LogP contribution in [0.5, 0.6) is 0 Å². The highest BCUT2D eigenvalue weighted by molar-refractivity contribution is 6.06. The van der Waals surface area contributed by atoms with E-state index in [1.807, 2.05) is 0 Å². The SMILES string of the molecule is COC(=O)c1[nH]cnc1NC(=O)c1ccnc(C2CC2)c1. The van der Waals surface area contributed by atoms with Crippen LogP contribution in [0.1, 0.15) is 45.3 Å². The number of ether oxygens (including phenoxy) is 1. The van der Waals surface area contributed by atoms with Gasteiger partial charge in [-0.1, -0.05) is 0 Å². The molecule has 0 aliphatic heterocycles. The molecule has 0 bridgehead atoms. The molecule has 1 amide bonds. The second-order valence-electron chi connectivity index (χ2n) is 4.82. The van der Waals surface area contributed by atoms with Crippen molar-refractivity contribution in [2.45, 2.75) is 18.8 Å². The summed E-state index contributed by atoms with van der Waals surface area (Å²) in [6.07, 6.45) is 5.17. The predicted molar refractivity (Wildman–Crippen MR) is 74.1 cm³/mol. The van der Waals surface area contributed by atoms with Crippen LogP contribution in [-0.4, -0.2) is 33.9 Å². The maximum Gasteiger partial charge on any atom is 0.358 e. The molecule has 0 unspecified atom stereocenters. The number of nitrogens with one attached hydrogen (secondary N) is 2. The molecule has 1 aliphatic rings. The van der Waals surface area contributed by atoms with Gasteiger partial charge in [-0.15, -0.1) is 0 Å². The Morgan fingerprint density at radius 1 is 1.38 bits per heavy atom. The zero-order valence-corrected chi connectivity index (χ0v) is 11.4. The molecule has 7 heteroatoms. The highest BCUT2D eigenvalue weighted by Crippen LogP contribution is 2.38. The Morgan fingerprint density at radius 3 is 2.90 bits per heavy atom. The maximum atomic E-state index is 12.2. The standard InChI is InChI=1S/C14H14N4O3/c1-21-14(20)11-12(17-7-16-11)18-13(19)9-4-5-15-10(6-9)8-2-3-8/h4-8H,2-3H2,1H3,(H,16,17)(H,18,19). The van der Waals surface area contributed by atoms with E-state index in [-0.39, 0.29) is 17.4 Å². The number of esters is 1. The third-order valence-electron chi connectivity index (χ3n) is 3.30. The average Bonchev–Trinajstić information content (AvgIpc) is 3.27. The van der Waals surface area contributed by atoms with Crippen LogP contribution >= 0.6 is 0 Å². The van der Waals surface area contributed by atoms with Crippen molar-refractivity contribution < 1.29 is 14.3 Å². The summed E-state index contributed by atoms with van der Waals surface area (Å²) in [5.74, 6) is -0.307. The van der Waals surface area contributed by atoms with Gasteiger partial charge in [0, 0.05) is 23.4 Å². The minimum absolute atomic E-state index is 0.113. The first kappa shape index (κ1) is 13.3. The van der Waals surface area contributed by atoms with E-state index in [1.165, 1.54) is 13.4 Å². The molecule has 2 aromatic rings. The number of aromatic nitrogens is 3. The number of methoxy groups -OCH3 is 1. The Morgan fingerprint density at radius 2 is 2.19 bits per heavy atom. The molecule has 1 saturated carbocycles. The fourth-order valence-corrected chi connectivity index (χ4v) is 2.02. The predicted octanol–water partition coefficient (Wildman–Crippen LogP) is 1.72. The number of rotatable bonds is 4. The molecule has 2 heterocycles. The minimum atomic E-state index is -0.587. The molecule has 1 fully saturated rings. The molecule has 7 nitrogen and oxygen atoms in total. The lowest BCUT2D eigenvalue weighted by molar-refractivity contribution is 0.0596. The number of hydrogen-bond acceptors (Lipinski definition) is 5. The van der Waals surface area contributed by atoms with Crippen molar-refractivity contribution in [1.82, 2.24) is 15.0 Å². The second kappa shape index (κ2) is 5.35. The average molecular weight is 286 g/mol. The molecule has 0 aromatic carbocycles. The number of anilines is 1. The molecule has 108 valence electrons. The van der Waals surface area contributed by atoms with Gasteiger partial charge in [-0.2, -0.15) is 0 Å². The van der Waals surface area contributed by atoms with E-state index in [0.29, 0.717) is 11.5 Å². The van der Waals surface area contributed by atoms with Gasteiger partial charge < -0.3 is 15.0 Å². The fourth-order valence-electron chi connectivity index (χ4n) is 2.02. The first-order valence-corrected chi connectivity index (χ1v) is 6.58. The summed E-state index contributed by atoms with van der Waals surface area (Å²) < 4.78 is 4.61. The number of carbonyl (C=O) groups excluding carboxylic acids is 2. The minimum Gasteiger partial charge on any atom is -0.464 e. The van der Waals surface area contributed by atoms with Crippen molar-refractivity contribution in [3.05, 3.63) is 41.6 Å². The summed E-state index contributed by atoms with van der Waals surface area (Å²) in [5, 5.41) is 2.60. The van der Waals surface area contributed by atoms with Gasteiger partial charge in [-0.05, 0) is 25.0 Å². The molecule has 0 atom stereocenters. The van der Waals surface area contributed by atoms with Crippen molar-refractivity contribution >= 4 is 17.7 Å².